The fourth-order valence-corrected chi connectivity index (χ4v) is 3.63. The Balaban J connectivity index is 1.66. The first-order valence-corrected chi connectivity index (χ1v) is 8.54. The molecule has 2 aliphatic rings. The number of hydrogen-bond donors (Lipinski definition) is 1. The fraction of sp³-hybridized carbons (Fsp3) is 0.294. The van der Waals surface area contributed by atoms with Crippen LogP contribution in [0.4, 0.5) is 0 Å². The second-order valence-corrected chi connectivity index (χ2v) is 6.55. The Morgan fingerprint density at radius 2 is 2.29 bits per heavy atom. The van der Waals surface area contributed by atoms with Crippen LogP contribution < -0.4 is 14.8 Å². The van der Waals surface area contributed by atoms with Crippen molar-refractivity contribution in [3.63, 3.8) is 0 Å². The molecule has 4 rings (SSSR count). The second kappa shape index (κ2) is 6.41. The maximum atomic E-state index is 13.1. The van der Waals surface area contributed by atoms with E-state index in [-0.39, 0.29) is 18.7 Å². The predicted molar refractivity (Wildman–Crippen MR) is 91.1 cm³/mol. The summed E-state index contributed by atoms with van der Waals surface area (Å²) in [5, 5.41) is 3.35. The molecular formula is C17H16BrN3O3. The monoisotopic (exact) mass is 389 g/mol. The van der Waals surface area contributed by atoms with Crippen molar-refractivity contribution in [1.29, 1.82) is 0 Å². The highest BCUT2D eigenvalue weighted by molar-refractivity contribution is 9.10. The van der Waals surface area contributed by atoms with Gasteiger partial charge in [0.1, 0.15) is 0 Å². The lowest BCUT2D eigenvalue weighted by Crippen LogP contribution is -2.48. The van der Waals surface area contributed by atoms with Gasteiger partial charge in [0.25, 0.3) is 5.91 Å². The Labute approximate surface area is 147 Å². The number of amides is 1. The van der Waals surface area contributed by atoms with Crippen molar-refractivity contribution < 1.29 is 14.3 Å². The van der Waals surface area contributed by atoms with Crippen molar-refractivity contribution in [3.05, 3.63) is 52.3 Å². The number of fused-ring (bicyclic) bond motifs is 1. The van der Waals surface area contributed by atoms with Gasteiger partial charge in [-0.25, -0.2) is 0 Å². The van der Waals surface area contributed by atoms with Gasteiger partial charge in [-0.2, -0.15) is 0 Å². The average Bonchev–Trinajstić information content (AvgIpc) is 3.11. The van der Waals surface area contributed by atoms with Crippen LogP contribution in [0.1, 0.15) is 22.0 Å². The highest BCUT2D eigenvalue weighted by atomic mass is 79.9. The van der Waals surface area contributed by atoms with E-state index in [1.165, 1.54) is 0 Å². The first kappa shape index (κ1) is 15.4. The smallest absolute Gasteiger partial charge is 0.254 e. The highest BCUT2D eigenvalue weighted by Crippen LogP contribution is 2.40. The average molecular weight is 390 g/mol. The van der Waals surface area contributed by atoms with Gasteiger partial charge in [-0.15, -0.1) is 0 Å². The zero-order valence-corrected chi connectivity index (χ0v) is 14.5. The summed E-state index contributed by atoms with van der Waals surface area (Å²) >= 11 is 3.45. The summed E-state index contributed by atoms with van der Waals surface area (Å²) in [5.74, 6) is 1.22. The number of carbonyl (C=O) groups excluding carboxylic acids is 1. The number of rotatable bonds is 2. The highest BCUT2D eigenvalue weighted by Gasteiger charge is 2.30. The molecule has 1 fully saturated rings. The van der Waals surface area contributed by atoms with Crippen LogP contribution in [0.3, 0.4) is 0 Å². The Kier molecular flexibility index (Phi) is 4.12. The first-order valence-electron chi connectivity index (χ1n) is 7.75. The van der Waals surface area contributed by atoms with E-state index in [0.29, 0.717) is 30.2 Å². The number of aromatic nitrogens is 1. The molecule has 0 saturated carbocycles. The van der Waals surface area contributed by atoms with Gasteiger partial charge in [-0.05, 0) is 39.7 Å². The topological polar surface area (TPSA) is 63.7 Å². The van der Waals surface area contributed by atoms with Crippen molar-refractivity contribution in [1.82, 2.24) is 15.2 Å². The predicted octanol–water partition coefficient (Wildman–Crippen LogP) is 2.36. The number of benzene rings is 1. The van der Waals surface area contributed by atoms with Gasteiger partial charge >= 0.3 is 0 Å². The number of piperazine rings is 1. The third-order valence-corrected chi connectivity index (χ3v) is 4.84. The van der Waals surface area contributed by atoms with Crippen molar-refractivity contribution in [2.24, 2.45) is 0 Å². The van der Waals surface area contributed by atoms with E-state index in [9.17, 15) is 4.79 Å². The minimum Gasteiger partial charge on any atom is -0.454 e. The maximum Gasteiger partial charge on any atom is 0.254 e. The van der Waals surface area contributed by atoms with Gasteiger partial charge in [-0.1, -0.05) is 6.07 Å². The van der Waals surface area contributed by atoms with E-state index in [1.54, 1.807) is 18.3 Å². The van der Waals surface area contributed by atoms with Crippen molar-refractivity contribution >= 4 is 21.8 Å². The molecule has 7 heteroatoms. The quantitative estimate of drug-likeness (QED) is 0.853. The van der Waals surface area contributed by atoms with Gasteiger partial charge in [0, 0.05) is 37.6 Å². The van der Waals surface area contributed by atoms with Crippen molar-refractivity contribution in [2.75, 3.05) is 26.4 Å². The molecule has 1 saturated heterocycles. The van der Waals surface area contributed by atoms with E-state index < -0.39 is 0 Å². The van der Waals surface area contributed by atoms with Gasteiger partial charge < -0.3 is 19.7 Å². The molecule has 1 amide bonds. The molecule has 0 aliphatic carbocycles. The number of halogens is 1. The molecule has 0 radical (unpaired) electrons. The molecule has 1 aromatic carbocycles. The number of ether oxygens (including phenoxy) is 2. The standard InChI is InChI=1S/C17H16BrN3O3/c18-13-6-12(7-15-16(13)24-10-23-15)17(22)21-5-4-20-9-14(21)11-2-1-3-19-8-11/h1-3,6-8,14,20H,4-5,9-10H2. The summed E-state index contributed by atoms with van der Waals surface area (Å²) in [4.78, 5) is 19.2. The van der Waals surface area contributed by atoms with Crippen LogP contribution in [0.25, 0.3) is 0 Å². The lowest BCUT2D eigenvalue weighted by molar-refractivity contribution is 0.0633. The summed E-state index contributed by atoms with van der Waals surface area (Å²) in [6.07, 6.45) is 3.55. The van der Waals surface area contributed by atoms with Crippen LogP contribution in [0, 0.1) is 0 Å². The number of hydrogen-bond acceptors (Lipinski definition) is 5. The number of nitrogens with zero attached hydrogens (tertiary/aromatic N) is 2. The van der Waals surface area contributed by atoms with Crippen molar-refractivity contribution in [2.45, 2.75) is 6.04 Å². The summed E-state index contributed by atoms with van der Waals surface area (Å²) in [5.41, 5.74) is 1.61. The third kappa shape index (κ3) is 2.74. The van der Waals surface area contributed by atoms with Crippen LogP contribution in [0.2, 0.25) is 0 Å². The molecule has 1 atom stereocenters. The molecular weight excluding hydrogens is 374 g/mol. The van der Waals surface area contributed by atoms with Crippen LogP contribution in [0.5, 0.6) is 11.5 Å². The zero-order valence-electron chi connectivity index (χ0n) is 12.9. The fourth-order valence-electron chi connectivity index (χ4n) is 3.07. The molecule has 124 valence electrons. The summed E-state index contributed by atoms with van der Waals surface area (Å²) in [6, 6.07) is 7.39. The Morgan fingerprint density at radius 1 is 1.38 bits per heavy atom. The number of carbonyl (C=O) groups is 1. The first-order chi connectivity index (χ1) is 11.7. The zero-order chi connectivity index (χ0) is 16.5. The van der Waals surface area contributed by atoms with Gasteiger partial charge in [0.05, 0.1) is 10.5 Å². The van der Waals surface area contributed by atoms with E-state index >= 15 is 0 Å². The van der Waals surface area contributed by atoms with Crippen LogP contribution in [-0.4, -0.2) is 42.2 Å². The molecule has 1 aromatic heterocycles. The number of nitrogens with one attached hydrogen (secondary N) is 1. The third-order valence-electron chi connectivity index (χ3n) is 4.25. The maximum absolute atomic E-state index is 13.1. The summed E-state index contributed by atoms with van der Waals surface area (Å²) in [6.45, 7) is 2.30. The lowest BCUT2D eigenvalue weighted by atomic mass is 10.0. The summed E-state index contributed by atoms with van der Waals surface area (Å²) < 4.78 is 11.5. The minimum atomic E-state index is -0.0378. The van der Waals surface area contributed by atoms with E-state index in [4.69, 9.17) is 9.47 Å². The van der Waals surface area contributed by atoms with Crippen molar-refractivity contribution in [3.8, 4) is 11.5 Å². The van der Waals surface area contributed by atoms with E-state index in [2.05, 4.69) is 26.2 Å². The summed E-state index contributed by atoms with van der Waals surface area (Å²) in [7, 11) is 0. The van der Waals surface area contributed by atoms with Crippen LogP contribution in [0.15, 0.2) is 41.1 Å². The molecule has 2 aliphatic heterocycles. The van der Waals surface area contributed by atoms with Gasteiger partial charge in [0.15, 0.2) is 11.5 Å². The normalized spacial score (nSPS) is 19.4. The lowest BCUT2D eigenvalue weighted by Gasteiger charge is -2.36. The molecule has 0 bridgehead atoms. The molecule has 6 nitrogen and oxygen atoms in total. The van der Waals surface area contributed by atoms with Crippen LogP contribution in [-0.2, 0) is 0 Å². The Bertz CT molecular complexity index is 769. The largest absolute Gasteiger partial charge is 0.454 e. The van der Waals surface area contributed by atoms with Gasteiger partial charge in [-0.3, -0.25) is 9.78 Å². The molecule has 3 heterocycles. The molecule has 2 aromatic rings. The minimum absolute atomic E-state index is 0.0237. The molecule has 24 heavy (non-hydrogen) atoms. The second-order valence-electron chi connectivity index (χ2n) is 5.70. The van der Waals surface area contributed by atoms with E-state index in [0.717, 1.165) is 16.6 Å². The molecule has 0 spiro atoms. The van der Waals surface area contributed by atoms with Gasteiger partial charge in [0.2, 0.25) is 6.79 Å². The Morgan fingerprint density at radius 3 is 3.12 bits per heavy atom. The van der Waals surface area contributed by atoms with E-state index in [1.807, 2.05) is 23.2 Å². The number of pyridine rings is 1. The molecule has 1 unspecified atom stereocenters. The Hall–Kier alpha value is -2.12. The van der Waals surface area contributed by atoms with Crippen LogP contribution >= 0.6 is 15.9 Å². The SMILES string of the molecule is O=C(c1cc(Br)c2c(c1)OCO2)N1CCNCC1c1cccnc1. The molecule has 1 N–H and O–H groups in total.